The number of carbonyl (C=O) groups is 2. The molecule has 0 aromatic heterocycles. The number of ketones is 1. The van der Waals surface area contributed by atoms with Crippen LogP contribution in [-0.2, 0) is 23.8 Å². The van der Waals surface area contributed by atoms with Crippen molar-refractivity contribution < 1.29 is 23.8 Å². The first-order valence-corrected chi connectivity index (χ1v) is 5.91. The summed E-state index contributed by atoms with van der Waals surface area (Å²) in [6, 6.07) is 0. The number of ether oxygens (including phenoxy) is 3. The number of carbonyl (C=O) groups excluding carboxylic acids is 2. The highest BCUT2D eigenvalue weighted by Gasteiger charge is 2.29. The molecule has 0 N–H and O–H groups in total. The summed E-state index contributed by atoms with van der Waals surface area (Å²) >= 11 is 0. The van der Waals surface area contributed by atoms with Gasteiger partial charge in [-0.25, -0.2) is 0 Å². The monoisotopic (exact) mass is 256 g/mol. The molecule has 0 aromatic carbocycles. The van der Waals surface area contributed by atoms with E-state index in [2.05, 4.69) is 4.74 Å². The van der Waals surface area contributed by atoms with Crippen LogP contribution in [0.2, 0.25) is 0 Å². The lowest BCUT2D eigenvalue weighted by molar-refractivity contribution is -0.212. The molecule has 0 aliphatic heterocycles. The van der Waals surface area contributed by atoms with Crippen molar-refractivity contribution in [2.45, 2.75) is 45.0 Å². The first-order valence-electron chi connectivity index (χ1n) is 5.91. The second-order valence-electron chi connectivity index (χ2n) is 4.66. The maximum absolute atomic E-state index is 11.7. The highest BCUT2D eigenvalue weighted by atomic mass is 16.7. The second kappa shape index (κ2) is 6.11. The van der Waals surface area contributed by atoms with Gasteiger partial charge < -0.3 is 14.2 Å². The molecular formula is C13H20O5. The third-order valence-electron chi connectivity index (χ3n) is 2.88. The minimum Gasteiger partial charge on any atom is -0.469 e. The number of Topliss-reactive ketones (excluding diaryl/α,β-unsaturated/α-hetero) is 1. The van der Waals surface area contributed by atoms with Crippen LogP contribution >= 0.6 is 0 Å². The van der Waals surface area contributed by atoms with Gasteiger partial charge in [0.25, 0.3) is 0 Å². The van der Waals surface area contributed by atoms with Crippen molar-refractivity contribution in [1.29, 1.82) is 0 Å². The highest BCUT2D eigenvalue weighted by molar-refractivity contribution is 5.98. The molecule has 1 atom stereocenters. The van der Waals surface area contributed by atoms with E-state index in [0.717, 1.165) is 0 Å². The van der Waals surface area contributed by atoms with Crippen molar-refractivity contribution in [2.75, 3.05) is 14.2 Å². The van der Waals surface area contributed by atoms with Gasteiger partial charge in [-0.3, -0.25) is 9.59 Å². The average Bonchev–Trinajstić information content (AvgIpc) is 2.65. The summed E-state index contributed by atoms with van der Waals surface area (Å²) in [4.78, 5) is 22.7. The molecule has 5 heteroatoms. The first kappa shape index (κ1) is 14.9. The number of esters is 1. The molecule has 102 valence electrons. The van der Waals surface area contributed by atoms with E-state index >= 15 is 0 Å². The maximum Gasteiger partial charge on any atom is 0.305 e. The molecule has 0 radical (unpaired) electrons. The average molecular weight is 256 g/mol. The Morgan fingerprint density at radius 1 is 1.44 bits per heavy atom. The Balaban J connectivity index is 2.54. The largest absolute Gasteiger partial charge is 0.469 e. The number of hydrogen-bond donors (Lipinski definition) is 0. The van der Waals surface area contributed by atoms with Gasteiger partial charge in [-0.15, -0.1) is 0 Å². The molecular weight excluding hydrogens is 236 g/mol. The lowest BCUT2D eigenvalue weighted by Crippen LogP contribution is -2.31. The molecule has 5 nitrogen and oxygen atoms in total. The first-order chi connectivity index (χ1) is 8.38. The molecule has 0 spiro atoms. The van der Waals surface area contributed by atoms with Crippen molar-refractivity contribution in [3.8, 4) is 0 Å². The van der Waals surface area contributed by atoms with E-state index in [1.54, 1.807) is 27.0 Å². The standard InChI is InChI=1S/C13H20O5/c1-13(2,17-4)18-10-7-9(11(14)8-10)5-6-12(15)16-3/h7,10H,5-6,8H2,1-4H3. The van der Waals surface area contributed by atoms with Gasteiger partial charge in [-0.2, -0.15) is 0 Å². The smallest absolute Gasteiger partial charge is 0.305 e. The zero-order valence-electron chi connectivity index (χ0n) is 11.3. The molecule has 18 heavy (non-hydrogen) atoms. The molecule has 1 aliphatic carbocycles. The molecule has 0 heterocycles. The van der Waals surface area contributed by atoms with E-state index in [-0.39, 0.29) is 24.3 Å². The molecule has 0 fully saturated rings. The van der Waals surface area contributed by atoms with Gasteiger partial charge in [0.05, 0.1) is 13.2 Å². The second-order valence-corrected chi connectivity index (χ2v) is 4.66. The molecule has 1 unspecified atom stereocenters. The van der Waals surface area contributed by atoms with Crippen LogP contribution in [0.15, 0.2) is 11.6 Å². The quantitative estimate of drug-likeness (QED) is 0.533. The fraction of sp³-hybridized carbons (Fsp3) is 0.692. The lowest BCUT2D eigenvalue weighted by atomic mass is 10.1. The van der Waals surface area contributed by atoms with Crippen LogP contribution in [0.5, 0.6) is 0 Å². The van der Waals surface area contributed by atoms with E-state index in [4.69, 9.17) is 9.47 Å². The Kier molecular flexibility index (Phi) is 5.04. The van der Waals surface area contributed by atoms with Crippen molar-refractivity contribution in [2.24, 2.45) is 0 Å². The zero-order valence-corrected chi connectivity index (χ0v) is 11.3. The molecule has 0 bridgehead atoms. The Hall–Kier alpha value is -1.20. The van der Waals surface area contributed by atoms with Gasteiger partial charge in [0.2, 0.25) is 0 Å². The molecule has 0 amide bonds. The Bertz CT molecular complexity index is 356. The Labute approximate surface area is 107 Å². The van der Waals surface area contributed by atoms with Gasteiger partial charge in [-0.1, -0.05) is 0 Å². The number of allylic oxidation sites excluding steroid dienone is 1. The van der Waals surface area contributed by atoms with E-state index < -0.39 is 5.79 Å². The summed E-state index contributed by atoms with van der Waals surface area (Å²) in [5.74, 6) is -1.01. The van der Waals surface area contributed by atoms with Crippen LogP contribution in [0.3, 0.4) is 0 Å². The lowest BCUT2D eigenvalue weighted by Gasteiger charge is -2.26. The summed E-state index contributed by atoms with van der Waals surface area (Å²) in [6.45, 7) is 3.58. The SMILES string of the molecule is COC(=O)CCC1=CC(OC(C)(C)OC)CC1=O. The van der Waals surface area contributed by atoms with Crippen LogP contribution < -0.4 is 0 Å². The maximum atomic E-state index is 11.7. The topological polar surface area (TPSA) is 61.8 Å². The van der Waals surface area contributed by atoms with Crippen molar-refractivity contribution in [3.05, 3.63) is 11.6 Å². The molecule has 0 saturated heterocycles. The van der Waals surface area contributed by atoms with Crippen LogP contribution in [-0.4, -0.2) is 37.9 Å². The fourth-order valence-corrected chi connectivity index (χ4v) is 1.74. The van der Waals surface area contributed by atoms with E-state index in [9.17, 15) is 9.59 Å². The van der Waals surface area contributed by atoms with Gasteiger partial charge in [0.1, 0.15) is 0 Å². The summed E-state index contributed by atoms with van der Waals surface area (Å²) in [6.07, 6.45) is 2.42. The molecule has 1 rings (SSSR count). The predicted octanol–water partition coefficient (Wildman–Crippen LogP) is 1.61. The van der Waals surface area contributed by atoms with E-state index in [1.165, 1.54) is 7.11 Å². The predicted molar refractivity (Wildman–Crippen MR) is 64.9 cm³/mol. The van der Waals surface area contributed by atoms with Gasteiger partial charge in [0.15, 0.2) is 11.6 Å². The van der Waals surface area contributed by atoms with Gasteiger partial charge in [-0.05, 0) is 31.9 Å². The van der Waals surface area contributed by atoms with Gasteiger partial charge >= 0.3 is 5.97 Å². The van der Waals surface area contributed by atoms with Crippen LogP contribution in [0.4, 0.5) is 0 Å². The summed E-state index contributed by atoms with van der Waals surface area (Å²) in [5, 5.41) is 0. The van der Waals surface area contributed by atoms with Crippen molar-refractivity contribution in [3.63, 3.8) is 0 Å². The zero-order chi connectivity index (χ0) is 13.8. The third-order valence-corrected chi connectivity index (χ3v) is 2.88. The van der Waals surface area contributed by atoms with Crippen molar-refractivity contribution >= 4 is 11.8 Å². The normalized spacial score (nSPS) is 19.9. The molecule has 0 aromatic rings. The number of hydrogen-bond acceptors (Lipinski definition) is 5. The van der Waals surface area contributed by atoms with Crippen LogP contribution in [0.1, 0.15) is 33.1 Å². The number of methoxy groups -OCH3 is 2. The summed E-state index contributed by atoms with van der Waals surface area (Å²) < 4.78 is 15.3. The van der Waals surface area contributed by atoms with Crippen LogP contribution in [0.25, 0.3) is 0 Å². The highest BCUT2D eigenvalue weighted by Crippen LogP contribution is 2.25. The van der Waals surface area contributed by atoms with E-state index in [0.29, 0.717) is 18.4 Å². The minimum atomic E-state index is -0.723. The number of rotatable bonds is 6. The molecule has 1 aliphatic rings. The van der Waals surface area contributed by atoms with E-state index in [1.807, 2.05) is 0 Å². The summed E-state index contributed by atoms with van der Waals surface area (Å²) in [7, 11) is 2.89. The Morgan fingerprint density at radius 3 is 2.67 bits per heavy atom. The summed E-state index contributed by atoms with van der Waals surface area (Å²) in [5.41, 5.74) is 0.636. The van der Waals surface area contributed by atoms with Gasteiger partial charge in [0, 0.05) is 20.0 Å². The Morgan fingerprint density at radius 2 is 2.11 bits per heavy atom. The third kappa shape index (κ3) is 4.23. The molecule has 0 saturated carbocycles. The minimum absolute atomic E-state index is 0.0239. The van der Waals surface area contributed by atoms with Crippen molar-refractivity contribution in [1.82, 2.24) is 0 Å². The van der Waals surface area contributed by atoms with Crippen LogP contribution in [0, 0.1) is 0 Å². The fourth-order valence-electron chi connectivity index (χ4n) is 1.74.